The van der Waals surface area contributed by atoms with Crippen molar-refractivity contribution in [2.45, 2.75) is 38.1 Å². The fourth-order valence-corrected chi connectivity index (χ4v) is 4.74. The van der Waals surface area contributed by atoms with Gasteiger partial charge in [-0.25, -0.2) is 0 Å². The normalized spacial score (nSPS) is 18.9. The highest BCUT2D eigenvalue weighted by Gasteiger charge is 2.26. The van der Waals surface area contributed by atoms with Gasteiger partial charge in [0, 0.05) is 23.7 Å². The maximum Gasteiger partial charge on any atom is 0.233 e. The monoisotopic (exact) mass is 456 g/mol. The number of benzene rings is 2. The number of carbonyl (C=O) groups is 1. The number of amides is 1. The van der Waals surface area contributed by atoms with Gasteiger partial charge in [0.25, 0.3) is 0 Å². The molecule has 0 spiro atoms. The van der Waals surface area contributed by atoms with E-state index < -0.39 is 0 Å². The van der Waals surface area contributed by atoms with Gasteiger partial charge in [0.15, 0.2) is 11.0 Å². The second kappa shape index (κ2) is 9.42. The van der Waals surface area contributed by atoms with Gasteiger partial charge in [-0.2, -0.15) is 0 Å². The molecule has 3 aromatic rings. The number of carbonyl (C=O) groups excluding carboxylic acids is 1. The van der Waals surface area contributed by atoms with Gasteiger partial charge < -0.3 is 9.64 Å². The minimum Gasteiger partial charge on any atom is -0.372 e. The summed E-state index contributed by atoms with van der Waals surface area (Å²) in [6.45, 7) is 7.25. The van der Waals surface area contributed by atoms with Crippen LogP contribution >= 0.6 is 23.4 Å². The molecule has 1 amide bonds. The van der Waals surface area contributed by atoms with Gasteiger partial charge in [0.1, 0.15) is 0 Å². The molecule has 1 fully saturated rings. The molecule has 162 valence electrons. The average Bonchev–Trinajstić information content (AvgIpc) is 3.16. The fourth-order valence-electron chi connectivity index (χ4n) is 3.70. The van der Waals surface area contributed by atoms with Gasteiger partial charge in [-0.3, -0.25) is 9.36 Å². The maximum atomic E-state index is 12.8. The Labute approximate surface area is 191 Å². The van der Waals surface area contributed by atoms with Crippen LogP contribution < -0.4 is 0 Å². The topological polar surface area (TPSA) is 60.3 Å². The molecule has 4 rings (SSSR count). The molecule has 2 heterocycles. The summed E-state index contributed by atoms with van der Waals surface area (Å²) in [5, 5.41) is 10.1. The van der Waals surface area contributed by atoms with Crippen LogP contribution in [0.3, 0.4) is 0 Å². The molecule has 0 bridgehead atoms. The number of aromatic nitrogens is 3. The van der Waals surface area contributed by atoms with Crippen LogP contribution in [-0.4, -0.2) is 56.6 Å². The van der Waals surface area contributed by atoms with Crippen molar-refractivity contribution in [3.63, 3.8) is 0 Å². The molecule has 1 aliphatic rings. The predicted molar refractivity (Wildman–Crippen MR) is 124 cm³/mol. The summed E-state index contributed by atoms with van der Waals surface area (Å²) < 4.78 is 7.70. The molecule has 2 atom stereocenters. The zero-order valence-electron chi connectivity index (χ0n) is 17.8. The van der Waals surface area contributed by atoms with E-state index in [-0.39, 0.29) is 23.9 Å². The van der Waals surface area contributed by atoms with E-state index in [0.717, 1.165) is 11.3 Å². The molecule has 0 aliphatic carbocycles. The molecule has 1 aliphatic heterocycles. The van der Waals surface area contributed by atoms with Gasteiger partial charge in [0.2, 0.25) is 5.91 Å². The molecule has 6 nitrogen and oxygen atoms in total. The number of nitrogens with zero attached hydrogens (tertiary/aromatic N) is 4. The van der Waals surface area contributed by atoms with E-state index in [0.29, 0.717) is 29.1 Å². The minimum absolute atomic E-state index is 0.0425. The lowest BCUT2D eigenvalue weighted by atomic mass is 10.1. The Morgan fingerprint density at radius 3 is 2.52 bits per heavy atom. The summed E-state index contributed by atoms with van der Waals surface area (Å²) in [6, 6.07) is 15.7. The van der Waals surface area contributed by atoms with Gasteiger partial charge in [-0.05, 0) is 39.0 Å². The van der Waals surface area contributed by atoms with E-state index >= 15 is 0 Å². The van der Waals surface area contributed by atoms with Crippen molar-refractivity contribution in [3.05, 3.63) is 59.1 Å². The standard InChI is InChI=1S/C23H25ClN4O2S/c1-15-7-9-18(10-8-15)22-25-26-23(28(22)20-6-4-5-19(24)11-20)31-14-21(29)27-12-16(2)30-17(3)13-27/h4-11,16-17H,12-14H2,1-3H3. The first-order valence-corrected chi connectivity index (χ1v) is 11.6. The highest BCUT2D eigenvalue weighted by atomic mass is 35.5. The van der Waals surface area contributed by atoms with Crippen LogP contribution in [0.15, 0.2) is 53.7 Å². The Morgan fingerprint density at radius 1 is 1.13 bits per heavy atom. The number of aryl methyl sites for hydroxylation is 1. The first-order chi connectivity index (χ1) is 14.9. The van der Waals surface area contributed by atoms with E-state index in [1.54, 1.807) is 0 Å². The van der Waals surface area contributed by atoms with Gasteiger partial charge in [-0.1, -0.05) is 59.3 Å². The van der Waals surface area contributed by atoms with E-state index in [2.05, 4.69) is 10.2 Å². The van der Waals surface area contributed by atoms with E-state index in [9.17, 15) is 4.79 Å². The number of thioether (sulfide) groups is 1. The van der Waals surface area contributed by atoms with Gasteiger partial charge >= 0.3 is 0 Å². The van der Waals surface area contributed by atoms with Crippen LogP contribution in [-0.2, 0) is 9.53 Å². The third-order valence-electron chi connectivity index (χ3n) is 5.11. The molecular formula is C23H25ClN4O2S. The van der Waals surface area contributed by atoms with E-state index in [1.807, 2.05) is 78.8 Å². The lowest BCUT2D eigenvalue weighted by Gasteiger charge is -2.35. The molecule has 0 radical (unpaired) electrons. The Balaban J connectivity index is 1.61. The quantitative estimate of drug-likeness (QED) is 0.524. The van der Waals surface area contributed by atoms with Crippen LogP contribution in [0.25, 0.3) is 17.1 Å². The highest BCUT2D eigenvalue weighted by Crippen LogP contribution is 2.29. The van der Waals surface area contributed by atoms with Gasteiger partial charge in [0.05, 0.1) is 23.6 Å². The van der Waals surface area contributed by atoms with E-state index in [4.69, 9.17) is 16.3 Å². The van der Waals surface area contributed by atoms with Crippen LogP contribution in [0.1, 0.15) is 19.4 Å². The average molecular weight is 457 g/mol. The van der Waals surface area contributed by atoms with Crippen molar-refractivity contribution < 1.29 is 9.53 Å². The molecule has 0 N–H and O–H groups in total. The Morgan fingerprint density at radius 2 is 1.84 bits per heavy atom. The zero-order valence-corrected chi connectivity index (χ0v) is 19.4. The lowest BCUT2D eigenvalue weighted by molar-refractivity contribution is -0.140. The molecule has 31 heavy (non-hydrogen) atoms. The number of hydrogen-bond acceptors (Lipinski definition) is 5. The summed E-state index contributed by atoms with van der Waals surface area (Å²) in [5.74, 6) is 1.07. The number of rotatable bonds is 5. The highest BCUT2D eigenvalue weighted by molar-refractivity contribution is 7.99. The zero-order chi connectivity index (χ0) is 22.0. The van der Waals surface area contributed by atoms with Crippen LogP contribution in [0, 0.1) is 6.92 Å². The molecule has 2 aromatic carbocycles. The summed E-state index contributed by atoms with van der Waals surface area (Å²) in [5.41, 5.74) is 2.98. The summed E-state index contributed by atoms with van der Waals surface area (Å²) in [7, 11) is 0. The van der Waals surface area contributed by atoms with Crippen molar-refractivity contribution in [1.29, 1.82) is 0 Å². The predicted octanol–water partition coefficient (Wildman–Crippen LogP) is 4.62. The molecular weight excluding hydrogens is 432 g/mol. The number of halogens is 1. The van der Waals surface area contributed by atoms with Crippen molar-refractivity contribution >= 4 is 29.3 Å². The molecule has 2 unspecified atom stereocenters. The van der Waals surface area contributed by atoms with Crippen molar-refractivity contribution in [2.24, 2.45) is 0 Å². The number of morpholine rings is 1. The van der Waals surface area contributed by atoms with Gasteiger partial charge in [-0.15, -0.1) is 10.2 Å². The fraction of sp³-hybridized carbons (Fsp3) is 0.348. The summed E-state index contributed by atoms with van der Waals surface area (Å²) in [4.78, 5) is 14.7. The van der Waals surface area contributed by atoms with Crippen LogP contribution in [0.5, 0.6) is 0 Å². The van der Waals surface area contributed by atoms with Crippen molar-refractivity contribution in [2.75, 3.05) is 18.8 Å². The lowest BCUT2D eigenvalue weighted by Crippen LogP contribution is -2.48. The Kier molecular flexibility index (Phi) is 6.65. The third kappa shape index (κ3) is 5.11. The maximum absolute atomic E-state index is 12.8. The van der Waals surface area contributed by atoms with E-state index in [1.165, 1.54) is 17.3 Å². The summed E-state index contributed by atoms with van der Waals surface area (Å²) >= 11 is 7.64. The second-order valence-electron chi connectivity index (χ2n) is 7.83. The molecule has 1 aromatic heterocycles. The summed E-state index contributed by atoms with van der Waals surface area (Å²) in [6.07, 6.45) is 0.0851. The Hall–Kier alpha value is -2.35. The first kappa shape index (κ1) is 21.9. The first-order valence-electron chi connectivity index (χ1n) is 10.2. The largest absolute Gasteiger partial charge is 0.372 e. The third-order valence-corrected chi connectivity index (χ3v) is 6.26. The number of hydrogen-bond donors (Lipinski definition) is 0. The molecule has 1 saturated heterocycles. The van der Waals surface area contributed by atoms with Crippen molar-refractivity contribution in [1.82, 2.24) is 19.7 Å². The second-order valence-corrected chi connectivity index (χ2v) is 9.21. The smallest absolute Gasteiger partial charge is 0.233 e. The molecule has 8 heteroatoms. The Bertz CT molecular complexity index is 1060. The van der Waals surface area contributed by atoms with Crippen molar-refractivity contribution in [3.8, 4) is 17.1 Å². The minimum atomic E-state index is 0.0425. The molecule has 0 saturated carbocycles. The van der Waals surface area contributed by atoms with Crippen LogP contribution in [0.2, 0.25) is 5.02 Å². The number of ether oxygens (including phenoxy) is 1. The van der Waals surface area contributed by atoms with Crippen LogP contribution in [0.4, 0.5) is 0 Å². The SMILES string of the molecule is Cc1ccc(-c2nnc(SCC(=O)N3CC(C)OC(C)C3)n2-c2cccc(Cl)c2)cc1.